The van der Waals surface area contributed by atoms with Gasteiger partial charge in [-0.1, -0.05) is 11.6 Å². The third kappa shape index (κ3) is 2.66. The second-order valence-corrected chi connectivity index (χ2v) is 6.01. The van der Waals surface area contributed by atoms with E-state index in [4.69, 9.17) is 0 Å². The van der Waals surface area contributed by atoms with Crippen LogP contribution in [0.5, 0.6) is 0 Å². The minimum atomic E-state index is 0.278. The van der Waals surface area contributed by atoms with Gasteiger partial charge in [0.05, 0.1) is 0 Å². The van der Waals surface area contributed by atoms with E-state index in [1.807, 2.05) is 13.0 Å². The lowest BCUT2D eigenvalue weighted by molar-refractivity contribution is 0.0683. The van der Waals surface area contributed by atoms with Gasteiger partial charge in [-0.05, 0) is 52.4 Å². The van der Waals surface area contributed by atoms with Gasteiger partial charge < -0.3 is 9.80 Å². The molecule has 3 nitrogen and oxygen atoms in total. The first-order valence-electron chi connectivity index (χ1n) is 6.93. The molecule has 0 saturated heterocycles. The second kappa shape index (κ2) is 5.33. The molecule has 104 valence electrons. The maximum Gasteiger partial charge on any atom is 0.152 e. The van der Waals surface area contributed by atoms with Gasteiger partial charge in [-0.25, -0.2) is 0 Å². The van der Waals surface area contributed by atoms with E-state index in [0.29, 0.717) is 0 Å². The number of anilines is 1. The number of aryl methyl sites for hydroxylation is 1. The first-order chi connectivity index (χ1) is 8.98. The molecule has 1 aromatic rings. The maximum atomic E-state index is 11.2. The van der Waals surface area contributed by atoms with Crippen molar-refractivity contribution in [1.29, 1.82) is 0 Å². The molecule has 0 unspecified atom stereocenters. The molecule has 1 aliphatic carbocycles. The predicted octanol–water partition coefficient (Wildman–Crippen LogP) is 2.73. The molecular formula is C16H24N2O. The summed E-state index contributed by atoms with van der Waals surface area (Å²) in [5.74, 6) is 0. The van der Waals surface area contributed by atoms with Crippen LogP contribution < -0.4 is 4.90 Å². The summed E-state index contributed by atoms with van der Waals surface area (Å²) in [5, 5.41) is 0. The lowest BCUT2D eigenvalue weighted by Gasteiger charge is -2.49. The monoisotopic (exact) mass is 260 g/mol. The first kappa shape index (κ1) is 14.1. The number of carbonyl (C=O) groups excluding carboxylic acids is 1. The van der Waals surface area contributed by atoms with Crippen LogP contribution in [0.3, 0.4) is 0 Å². The summed E-state index contributed by atoms with van der Waals surface area (Å²) >= 11 is 0. The minimum Gasteiger partial charge on any atom is -0.372 e. The average Bonchev–Trinajstić information content (AvgIpc) is 2.32. The number of carbonyl (C=O) groups is 1. The zero-order chi connectivity index (χ0) is 14.0. The van der Waals surface area contributed by atoms with E-state index in [9.17, 15) is 4.79 Å². The maximum absolute atomic E-state index is 11.2. The quantitative estimate of drug-likeness (QED) is 0.761. The van der Waals surface area contributed by atoms with Crippen molar-refractivity contribution in [2.45, 2.75) is 31.7 Å². The number of benzene rings is 1. The molecule has 1 saturated carbocycles. The van der Waals surface area contributed by atoms with Gasteiger partial charge in [0.25, 0.3) is 0 Å². The van der Waals surface area contributed by atoms with Crippen LogP contribution in [0.4, 0.5) is 5.69 Å². The fourth-order valence-corrected chi connectivity index (χ4v) is 2.97. The fourth-order valence-electron chi connectivity index (χ4n) is 2.97. The third-order valence-corrected chi connectivity index (χ3v) is 4.49. The SMILES string of the molecule is Cc1ccc(N(C)CC2(N(C)C)CCC2)c(C=O)c1. The number of hydrogen-bond acceptors (Lipinski definition) is 3. The molecule has 1 aliphatic rings. The zero-order valence-electron chi connectivity index (χ0n) is 12.4. The number of nitrogens with zero attached hydrogens (tertiary/aromatic N) is 2. The van der Waals surface area contributed by atoms with E-state index < -0.39 is 0 Å². The molecule has 0 bridgehead atoms. The minimum absolute atomic E-state index is 0.278. The Balaban J connectivity index is 2.20. The number of aldehydes is 1. The van der Waals surface area contributed by atoms with Crippen LogP contribution in [0.25, 0.3) is 0 Å². The van der Waals surface area contributed by atoms with Crippen LogP contribution in [0.15, 0.2) is 18.2 Å². The standard InChI is InChI=1S/C16H24N2O/c1-13-6-7-15(14(10-13)11-19)18(4)12-16(17(2)3)8-5-9-16/h6-7,10-11H,5,8-9,12H2,1-4H3. The molecule has 1 fully saturated rings. The highest BCUT2D eigenvalue weighted by Gasteiger charge is 2.40. The molecule has 0 aromatic heterocycles. The van der Waals surface area contributed by atoms with Crippen molar-refractivity contribution in [2.24, 2.45) is 0 Å². The molecule has 1 aromatic carbocycles. The van der Waals surface area contributed by atoms with Crippen molar-refractivity contribution >= 4 is 12.0 Å². The topological polar surface area (TPSA) is 23.6 Å². The highest BCUT2D eigenvalue weighted by Crippen LogP contribution is 2.37. The van der Waals surface area contributed by atoms with Crippen LogP contribution in [0.2, 0.25) is 0 Å². The van der Waals surface area contributed by atoms with E-state index in [1.165, 1.54) is 19.3 Å². The molecule has 0 amide bonds. The molecule has 3 heteroatoms. The van der Waals surface area contributed by atoms with Gasteiger partial charge in [0.1, 0.15) is 0 Å². The molecule has 0 heterocycles. The molecule has 2 rings (SSSR count). The first-order valence-corrected chi connectivity index (χ1v) is 6.93. The predicted molar refractivity (Wildman–Crippen MR) is 80.1 cm³/mol. The Morgan fingerprint density at radius 3 is 2.42 bits per heavy atom. The summed E-state index contributed by atoms with van der Waals surface area (Å²) in [6.45, 7) is 2.99. The Labute approximate surface area is 116 Å². The highest BCUT2D eigenvalue weighted by molar-refractivity contribution is 5.84. The van der Waals surface area contributed by atoms with E-state index >= 15 is 0 Å². The summed E-state index contributed by atoms with van der Waals surface area (Å²) in [5.41, 5.74) is 3.23. The fraction of sp³-hybridized carbons (Fsp3) is 0.562. The van der Waals surface area contributed by atoms with E-state index in [-0.39, 0.29) is 5.54 Å². The zero-order valence-corrected chi connectivity index (χ0v) is 12.4. The van der Waals surface area contributed by atoms with E-state index in [0.717, 1.165) is 29.6 Å². The Bertz CT molecular complexity index is 464. The Kier molecular flexibility index (Phi) is 3.95. The van der Waals surface area contributed by atoms with Crippen LogP contribution in [-0.4, -0.2) is 44.4 Å². The van der Waals surface area contributed by atoms with Crippen LogP contribution in [-0.2, 0) is 0 Å². The van der Waals surface area contributed by atoms with Gasteiger partial charge in [-0.2, -0.15) is 0 Å². The van der Waals surface area contributed by atoms with E-state index in [2.05, 4.69) is 43.1 Å². The largest absolute Gasteiger partial charge is 0.372 e. The normalized spacial score (nSPS) is 17.1. The van der Waals surface area contributed by atoms with Gasteiger partial charge in [0.2, 0.25) is 0 Å². The van der Waals surface area contributed by atoms with Crippen LogP contribution in [0, 0.1) is 6.92 Å². The van der Waals surface area contributed by atoms with Crippen molar-refractivity contribution in [2.75, 3.05) is 32.6 Å². The number of hydrogen-bond donors (Lipinski definition) is 0. The molecular weight excluding hydrogens is 236 g/mol. The molecule has 19 heavy (non-hydrogen) atoms. The molecule has 0 atom stereocenters. The summed E-state index contributed by atoms with van der Waals surface area (Å²) in [6, 6.07) is 6.09. The Hall–Kier alpha value is -1.35. The highest BCUT2D eigenvalue weighted by atomic mass is 16.1. The molecule has 0 radical (unpaired) electrons. The van der Waals surface area contributed by atoms with Gasteiger partial charge in [0.15, 0.2) is 6.29 Å². The van der Waals surface area contributed by atoms with E-state index in [1.54, 1.807) is 0 Å². The van der Waals surface area contributed by atoms with Crippen LogP contribution >= 0.6 is 0 Å². The third-order valence-electron chi connectivity index (χ3n) is 4.49. The van der Waals surface area contributed by atoms with Gasteiger partial charge >= 0.3 is 0 Å². The summed E-state index contributed by atoms with van der Waals surface area (Å²) in [6.07, 6.45) is 4.75. The Morgan fingerprint density at radius 2 is 1.95 bits per heavy atom. The lowest BCUT2D eigenvalue weighted by atomic mass is 9.75. The summed E-state index contributed by atoms with van der Waals surface area (Å²) in [4.78, 5) is 15.8. The van der Waals surface area contributed by atoms with Crippen molar-refractivity contribution in [3.8, 4) is 0 Å². The average molecular weight is 260 g/mol. The summed E-state index contributed by atoms with van der Waals surface area (Å²) < 4.78 is 0. The van der Waals surface area contributed by atoms with Gasteiger partial charge in [-0.15, -0.1) is 0 Å². The summed E-state index contributed by atoms with van der Waals surface area (Å²) in [7, 11) is 6.40. The van der Waals surface area contributed by atoms with Crippen molar-refractivity contribution in [3.63, 3.8) is 0 Å². The van der Waals surface area contributed by atoms with Crippen LogP contribution in [0.1, 0.15) is 35.2 Å². The number of likely N-dealkylation sites (N-methyl/N-ethyl adjacent to an activating group) is 2. The van der Waals surface area contributed by atoms with Gasteiger partial charge in [-0.3, -0.25) is 4.79 Å². The van der Waals surface area contributed by atoms with Crippen molar-refractivity contribution in [1.82, 2.24) is 4.90 Å². The molecule has 0 spiro atoms. The second-order valence-electron chi connectivity index (χ2n) is 6.01. The molecule has 0 N–H and O–H groups in total. The lowest BCUT2D eigenvalue weighted by Crippen LogP contribution is -2.56. The number of rotatable bonds is 5. The molecule has 0 aliphatic heterocycles. The van der Waals surface area contributed by atoms with Crippen molar-refractivity contribution < 1.29 is 4.79 Å². The Morgan fingerprint density at radius 1 is 1.26 bits per heavy atom. The van der Waals surface area contributed by atoms with Crippen molar-refractivity contribution in [3.05, 3.63) is 29.3 Å². The van der Waals surface area contributed by atoms with Gasteiger partial charge in [0, 0.05) is 30.4 Å². The smallest absolute Gasteiger partial charge is 0.152 e.